The van der Waals surface area contributed by atoms with E-state index in [-0.39, 0.29) is 23.9 Å². The van der Waals surface area contributed by atoms with E-state index in [1.54, 1.807) is 24.3 Å². The molecule has 2 aliphatic rings. The van der Waals surface area contributed by atoms with Crippen LogP contribution in [0.5, 0.6) is 0 Å². The maximum absolute atomic E-state index is 15.2. The van der Waals surface area contributed by atoms with Crippen molar-refractivity contribution in [2.45, 2.75) is 76.0 Å². The van der Waals surface area contributed by atoms with Gasteiger partial charge in [-0.1, -0.05) is 75.8 Å². The van der Waals surface area contributed by atoms with Crippen molar-refractivity contribution in [3.8, 4) is 11.1 Å². The van der Waals surface area contributed by atoms with Crippen molar-refractivity contribution in [1.82, 2.24) is 0 Å². The van der Waals surface area contributed by atoms with E-state index in [1.165, 1.54) is 12.5 Å². The van der Waals surface area contributed by atoms with Crippen LogP contribution in [0.2, 0.25) is 0 Å². The Morgan fingerprint density at radius 3 is 2.19 bits per heavy atom. The van der Waals surface area contributed by atoms with Crippen molar-refractivity contribution >= 4 is 25.2 Å². The number of alkyl halides is 2. The molecule has 4 rings (SSSR count). The van der Waals surface area contributed by atoms with E-state index in [9.17, 15) is 20.1 Å². The zero-order chi connectivity index (χ0) is 23.1. The highest BCUT2D eigenvalue weighted by atomic mass is 19.3. The average Bonchev–Trinajstić information content (AvgIpc) is 3.03. The number of fused-ring (bicyclic) bond motifs is 3. The van der Waals surface area contributed by atoms with Gasteiger partial charge >= 0.3 is 14.2 Å². The summed E-state index contributed by atoms with van der Waals surface area (Å²) < 4.78 is 30.5. The number of hydrogen-bond donors (Lipinski definition) is 4. The van der Waals surface area contributed by atoms with Crippen LogP contribution in [0.1, 0.15) is 81.4 Å². The second-order valence-electron chi connectivity index (χ2n) is 9.31. The van der Waals surface area contributed by atoms with Crippen molar-refractivity contribution in [2.24, 2.45) is 0 Å². The highest BCUT2D eigenvalue weighted by Crippen LogP contribution is 2.60. The summed E-state index contributed by atoms with van der Waals surface area (Å²) in [6.07, 6.45) is 6.97. The lowest BCUT2D eigenvalue weighted by Gasteiger charge is -2.41. The molecule has 1 unspecified atom stereocenters. The summed E-state index contributed by atoms with van der Waals surface area (Å²) in [5.74, 6) is -3.16. The third kappa shape index (κ3) is 3.81. The van der Waals surface area contributed by atoms with Crippen LogP contribution in [-0.4, -0.2) is 34.3 Å². The van der Waals surface area contributed by atoms with Gasteiger partial charge in [-0.15, -0.1) is 0 Å². The first-order valence-electron chi connectivity index (χ1n) is 11.7. The van der Waals surface area contributed by atoms with Crippen LogP contribution in [0, 0.1) is 0 Å². The summed E-state index contributed by atoms with van der Waals surface area (Å²) in [6.45, 7) is 2.16. The Hall–Kier alpha value is -1.73. The molecule has 0 heterocycles. The number of rotatable bonds is 9. The van der Waals surface area contributed by atoms with Gasteiger partial charge in [-0.05, 0) is 46.0 Å². The Balaban J connectivity index is 1.85. The number of benzene rings is 2. The van der Waals surface area contributed by atoms with Gasteiger partial charge in [-0.25, -0.2) is 8.78 Å². The molecule has 8 heteroatoms. The molecule has 2 aromatic carbocycles. The molecule has 0 saturated carbocycles. The quantitative estimate of drug-likeness (QED) is 0.356. The Bertz CT molecular complexity index is 996. The van der Waals surface area contributed by atoms with Crippen molar-refractivity contribution in [3.63, 3.8) is 0 Å². The van der Waals surface area contributed by atoms with Crippen molar-refractivity contribution in [3.05, 3.63) is 47.0 Å². The summed E-state index contributed by atoms with van der Waals surface area (Å²) in [5, 5.41) is 39.3. The zero-order valence-corrected chi connectivity index (χ0v) is 18.5. The van der Waals surface area contributed by atoms with Crippen LogP contribution in [0.25, 0.3) is 11.1 Å². The van der Waals surface area contributed by atoms with Gasteiger partial charge in [-0.2, -0.15) is 0 Å². The van der Waals surface area contributed by atoms with Crippen LogP contribution >= 0.6 is 0 Å². The largest absolute Gasteiger partial charge is 0.488 e. The second-order valence-corrected chi connectivity index (χ2v) is 9.31. The van der Waals surface area contributed by atoms with E-state index < -0.39 is 25.6 Å². The number of halogens is 2. The third-order valence-corrected chi connectivity index (χ3v) is 7.33. The van der Waals surface area contributed by atoms with Gasteiger partial charge < -0.3 is 20.1 Å². The van der Waals surface area contributed by atoms with Crippen molar-refractivity contribution < 1.29 is 28.9 Å². The number of hydrogen-bond acceptors (Lipinski definition) is 4. The first kappa shape index (κ1) is 23.4. The van der Waals surface area contributed by atoms with E-state index in [4.69, 9.17) is 0 Å². The van der Waals surface area contributed by atoms with Gasteiger partial charge in [-0.3, -0.25) is 0 Å². The van der Waals surface area contributed by atoms with Gasteiger partial charge in [0.2, 0.25) is 0 Å². The molecule has 0 amide bonds. The Morgan fingerprint density at radius 1 is 0.812 bits per heavy atom. The fraction of sp³-hybridized carbons (Fsp3) is 0.500. The maximum Gasteiger partial charge on any atom is 0.488 e. The topological polar surface area (TPSA) is 80.9 Å². The predicted molar refractivity (Wildman–Crippen MR) is 123 cm³/mol. The van der Waals surface area contributed by atoms with E-state index in [2.05, 4.69) is 6.92 Å². The van der Waals surface area contributed by atoms with Crippen LogP contribution in [0.3, 0.4) is 0 Å². The molecular formula is C24H30B2F2O4. The molecule has 170 valence electrons. The predicted octanol–water partition coefficient (Wildman–Crippen LogP) is 2.95. The first-order chi connectivity index (χ1) is 15.2. The van der Waals surface area contributed by atoms with E-state index >= 15 is 8.78 Å². The van der Waals surface area contributed by atoms with E-state index in [0.29, 0.717) is 23.0 Å². The molecule has 0 saturated heterocycles. The molecule has 1 atom stereocenters. The monoisotopic (exact) mass is 442 g/mol. The van der Waals surface area contributed by atoms with Crippen LogP contribution in [0.15, 0.2) is 30.3 Å². The van der Waals surface area contributed by atoms with Crippen LogP contribution in [-0.2, 0) is 11.3 Å². The van der Waals surface area contributed by atoms with Crippen LogP contribution < -0.4 is 10.9 Å². The Morgan fingerprint density at radius 2 is 1.50 bits per heavy atom. The smallest absolute Gasteiger partial charge is 0.423 e. The average molecular weight is 442 g/mol. The van der Waals surface area contributed by atoms with Gasteiger partial charge in [0.15, 0.2) is 0 Å². The first-order valence-corrected chi connectivity index (χ1v) is 11.7. The molecule has 0 spiro atoms. The fourth-order valence-corrected chi connectivity index (χ4v) is 5.78. The molecule has 0 radical (unpaired) electrons. The van der Waals surface area contributed by atoms with E-state index in [1.807, 2.05) is 0 Å². The maximum atomic E-state index is 15.2. The summed E-state index contributed by atoms with van der Waals surface area (Å²) in [7, 11) is -3.63. The lowest BCUT2D eigenvalue weighted by molar-refractivity contribution is -0.0296. The summed E-state index contributed by atoms with van der Waals surface area (Å²) >= 11 is 0. The van der Waals surface area contributed by atoms with Gasteiger partial charge in [0.25, 0.3) is 5.92 Å². The minimum atomic E-state index is -3.16. The molecule has 32 heavy (non-hydrogen) atoms. The van der Waals surface area contributed by atoms with Gasteiger partial charge in [0, 0.05) is 17.4 Å². The minimum absolute atomic E-state index is 0.143. The standard InChI is InChI=1S/C24H30B2F2O4/c1-2-3-4-5-6-7-12-23-13-14-24(27,28)22-20(26(31)32)11-10-18(21(22)23)17-9-8-16(25(29)30)15-19(17)23/h8-11,15,29-32H,2-7,12-14H2,1H3. The highest BCUT2D eigenvalue weighted by molar-refractivity contribution is 6.59. The lowest BCUT2D eigenvalue weighted by Crippen LogP contribution is -2.44. The Labute approximate surface area is 188 Å². The molecule has 2 aliphatic carbocycles. The molecule has 0 fully saturated rings. The summed E-state index contributed by atoms with van der Waals surface area (Å²) in [6, 6.07) is 8.20. The Kier molecular flexibility index (Phi) is 6.52. The van der Waals surface area contributed by atoms with Gasteiger partial charge in [0.1, 0.15) is 0 Å². The molecule has 0 aliphatic heterocycles. The van der Waals surface area contributed by atoms with Crippen LogP contribution in [0.4, 0.5) is 8.78 Å². The highest BCUT2D eigenvalue weighted by Gasteiger charge is 2.55. The molecule has 0 bridgehead atoms. The minimum Gasteiger partial charge on any atom is -0.423 e. The molecule has 0 aromatic heterocycles. The van der Waals surface area contributed by atoms with Gasteiger partial charge in [0.05, 0.1) is 0 Å². The summed E-state index contributed by atoms with van der Waals surface area (Å²) in [5.41, 5.74) is 2.07. The fourth-order valence-electron chi connectivity index (χ4n) is 5.78. The zero-order valence-electron chi connectivity index (χ0n) is 18.5. The number of unbranched alkanes of at least 4 members (excludes halogenated alkanes) is 5. The SMILES string of the molecule is CCCCCCCCC12CCC(F)(F)c3c(B(O)O)ccc(c31)-c1ccc(B(O)O)cc12. The molecule has 4 nitrogen and oxygen atoms in total. The third-order valence-electron chi connectivity index (χ3n) is 7.33. The second kappa shape index (κ2) is 8.90. The van der Waals surface area contributed by atoms with Crippen molar-refractivity contribution in [1.29, 1.82) is 0 Å². The molecular weight excluding hydrogens is 412 g/mol. The van der Waals surface area contributed by atoms with Crippen molar-refractivity contribution in [2.75, 3.05) is 0 Å². The lowest BCUT2D eigenvalue weighted by atomic mass is 9.61. The van der Waals surface area contributed by atoms with E-state index in [0.717, 1.165) is 43.2 Å². The summed E-state index contributed by atoms with van der Waals surface area (Å²) in [4.78, 5) is 0. The normalized spacial score (nSPS) is 20.1. The molecule has 2 aromatic rings. The molecule has 4 N–H and O–H groups in total.